The van der Waals surface area contributed by atoms with Crippen molar-refractivity contribution >= 4 is 0 Å². The Morgan fingerprint density at radius 2 is 1.35 bits per heavy atom. The van der Waals surface area contributed by atoms with Gasteiger partial charge in [-0.3, -0.25) is 0 Å². The van der Waals surface area contributed by atoms with Crippen LogP contribution in [-0.2, 0) is 23.7 Å². The number of nitrogens with two attached hydrogens (primary N) is 2. The molecule has 34 heavy (non-hydrogen) atoms. The molecule has 0 aliphatic carbocycles. The molecule has 15 nitrogen and oxygen atoms in total. The number of hydrogen-bond acceptors (Lipinski definition) is 15. The summed E-state index contributed by atoms with van der Waals surface area (Å²) in [7, 11) is 0. The fraction of sp³-hybridized carbons (Fsp3) is 1.00. The maximum Gasteiger partial charge on any atom is 0.224 e. The topological polar surface area (TPSA) is 267 Å². The van der Waals surface area contributed by atoms with E-state index in [2.05, 4.69) is 11.7 Å². The molecule has 12 N–H and O–H groups in total. The van der Waals surface area contributed by atoms with Gasteiger partial charge in [-0.1, -0.05) is 0 Å². The van der Waals surface area contributed by atoms with Crippen LogP contribution in [0.25, 0.3) is 0 Å². The zero-order valence-electron chi connectivity index (χ0n) is 19.1. The van der Waals surface area contributed by atoms with Crippen LogP contribution < -0.4 is 11.5 Å². The highest BCUT2D eigenvalue weighted by Gasteiger charge is 2.58. The van der Waals surface area contributed by atoms with Crippen LogP contribution in [0.4, 0.5) is 0 Å². The largest absolute Gasteiger partial charge is 0.394 e. The lowest BCUT2D eigenvalue weighted by molar-refractivity contribution is -0.383. The second-order valence-electron chi connectivity index (χ2n) is 7.89. The molecule has 4 heterocycles. The van der Waals surface area contributed by atoms with Gasteiger partial charge in [0, 0.05) is 13.1 Å². The van der Waals surface area contributed by atoms with E-state index in [1.54, 1.807) is 0 Å². The third-order valence-electron chi connectivity index (χ3n) is 4.94. The zero-order chi connectivity index (χ0) is 25.9. The fourth-order valence-corrected chi connectivity index (χ4v) is 2.73. The van der Waals surface area contributed by atoms with Crippen LogP contribution in [0.5, 0.6) is 0 Å². The Morgan fingerprint density at radius 1 is 0.853 bits per heavy atom. The van der Waals surface area contributed by atoms with Crippen LogP contribution in [0.1, 0.15) is 6.92 Å². The lowest BCUT2D eigenvalue weighted by Gasteiger charge is -2.43. The summed E-state index contributed by atoms with van der Waals surface area (Å²) < 4.78 is 24.7. The molecule has 0 bridgehead atoms. The molecule has 204 valence electrons. The molecule has 0 radical (unpaired) electrons. The Labute approximate surface area is 197 Å². The van der Waals surface area contributed by atoms with Gasteiger partial charge in [-0.05, 0) is 6.92 Å². The standard InChI is InChI=1S/C12H22O11.C3H6O.C2H8N2.C2H4O/c13-1-4-6(16)8(18)9(19)11(21-4)23-12(3-15)10(20)7(17)5(2-14)22-12;1-3-2-4-3;3-1-2-4;1-2-3-1/h4-11,13-20H,1-3H2;3H,2H2,1H3;1-4H2;1-2H2/t4-,5-,6-,7-,8+,9-,10+,11-,12-;;;/m1.../s1. The molecule has 10 atom stereocenters. The van der Waals surface area contributed by atoms with Gasteiger partial charge < -0.3 is 76.0 Å². The molecular weight excluding hydrogens is 464 g/mol. The first-order chi connectivity index (χ1) is 16.1. The highest BCUT2D eigenvalue weighted by Crippen LogP contribution is 2.35. The molecule has 0 aromatic rings. The van der Waals surface area contributed by atoms with E-state index in [1.807, 2.05) is 0 Å². The minimum atomic E-state index is -2.22. The summed E-state index contributed by atoms with van der Waals surface area (Å²) in [4.78, 5) is 0. The van der Waals surface area contributed by atoms with Crippen molar-refractivity contribution < 1.29 is 64.5 Å². The van der Waals surface area contributed by atoms with E-state index in [-0.39, 0.29) is 0 Å². The first-order valence-corrected chi connectivity index (χ1v) is 11.0. The van der Waals surface area contributed by atoms with Gasteiger partial charge >= 0.3 is 0 Å². The Bertz CT molecular complexity index is 538. The Morgan fingerprint density at radius 3 is 1.68 bits per heavy atom. The van der Waals surface area contributed by atoms with E-state index in [0.29, 0.717) is 19.2 Å². The smallest absolute Gasteiger partial charge is 0.224 e. The molecule has 4 fully saturated rings. The molecule has 4 aliphatic heterocycles. The number of rotatable bonds is 6. The third-order valence-corrected chi connectivity index (χ3v) is 4.94. The second kappa shape index (κ2) is 15.5. The van der Waals surface area contributed by atoms with Crippen molar-refractivity contribution in [2.45, 2.75) is 67.8 Å². The zero-order valence-corrected chi connectivity index (χ0v) is 19.1. The number of aliphatic hydroxyl groups excluding tert-OH is 8. The molecule has 0 spiro atoms. The Hall–Kier alpha value is -0.600. The average molecular weight is 505 g/mol. The molecule has 0 saturated carbocycles. The summed E-state index contributed by atoms with van der Waals surface area (Å²) in [5, 5.41) is 76.7. The normalized spacial score (nSPS) is 42.3. The molecular formula is C19H40N2O13. The maximum absolute atomic E-state index is 10.00. The molecule has 0 amide bonds. The lowest BCUT2D eigenvalue weighted by Crippen LogP contribution is -2.62. The predicted octanol–water partition coefficient (Wildman–Crippen LogP) is -6.07. The van der Waals surface area contributed by atoms with E-state index in [9.17, 15) is 30.6 Å². The van der Waals surface area contributed by atoms with Crippen molar-refractivity contribution in [2.75, 3.05) is 52.7 Å². The first-order valence-electron chi connectivity index (χ1n) is 11.0. The van der Waals surface area contributed by atoms with Crippen molar-refractivity contribution in [1.82, 2.24) is 0 Å². The molecule has 1 unspecified atom stereocenters. The first kappa shape index (κ1) is 31.4. The van der Waals surface area contributed by atoms with Crippen LogP contribution in [0, 0.1) is 0 Å². The summed E-state index contributed by atoms with van der Waals surface area (Å²) >= 11 is 0. The van der Waals surface area contributed by atoms with E-state index >= 15 is 0 Å². The van der Waals surface area contributed by atoms with Gasteiger partial charge in [0.1, 0.15) is 49.3 Å². The van der Waals surface area contributed by atoms with Gasteiger partial charge in [0.25, 0.3) is 0 Å². The maximum atomic E-state index is 10.00. The van der Waals surface area contributed by atoms with Crippen LogP contribution in [-0.4, -0.2) is 154 Å². The van der Waals surface area contributed by atoms with Crippen molar-refractivity contribution in [3.8, 4) is 0 Å². The van der Waals surface area contributed by atoms with Crippen LogP contribution in [0.3, 0.4) is 0 Å². The van der Waals surface area contributed by atoms with E-state index < -0.39 is 74.6 Å². The minimum Gasteiger partial charge on any atom is -0.394 e. The average Bonchev–Trinajstić information content (AvgIpc) is 3.78. The van der Waals surface area contributed by atoms with Gasteiger partial charge in [-0.15, -0.1) is 0 Å². The summed E-state index contributed by atoms with van der Waals surface area (Å²) in [5.74, 6) is -2.22. The van der Waals surface area contributed by atoms with Gasteiger partial charge in [0.05, 0.1) is 39.1 Å². The van der Waals surface area contributed by atoms with Crippen molar-refractivity contribution in [3.05, 3.63) is 0 Å². The molecule has 4 aliphatic rings. The lowest BCUT2D eigenvalue weighted by atomic mass is 9.99. The summed E-state index contributed by atoms with van der Waals surface area (Å²) in [6, 6.07) is 0. The molecule has 4 rings (SSSR count). The quantitative estimate of drug-likeness (QED) is 0.151. The minimum absolute atomic E-state index is 0.583. The molecule has 0 aromatic carbocycles. The second-order valence-corrected chi connectivity index (χ2v) is 7.89. The van der Waals surface area contributed by atoms with Crippen LogP contribution in [0.15, 0.2) is 0 Å². The summed E-state index contributed by atoms with van der Waals surface area (Å²) in [6.07, 6.45) is -12.1. The Balaban J connectivity index is 0.000000427. The summed E-state index contributed by atoms with van der Waals surface area (Å²) in [5.41, 5.74) is 9.81. The highest BCUT2D eigenvalue weighted by molar-refractivity contribution is 4.98. The SMILES string of the molecule is C1CO1.CC1CO1.NCCN.OC[C@H]1O[C@](CO)(O[C@H]2O[C@H](CO)[C@@H](O)[C@H](O)[C@H]2O)[C@@H](O)[C@@H]1O. The van der Waals surface area contributed by atoms with Gasteiger partial charge in [-0.2, -0.15) is 0 Å². The van der Waals surface area contributed by atoms with Gasteiger partial charge in [-0.25, -0.2) is 0 Å². The van der Waals surface area contributed by atoms with E-state index in [1.165, 1.54) is 0 Å². The number of hydrogen-bond donors (Lipinski definition) is 10. The monoisotopic (exact) mass is 504 g/mol. The van der Waals surface area contributed by atoms with Crippen molar-refractivity contribution in [2.24, 2.45) is 11.5 Å². The predicted molar refractivity (Wildman–Crippen MR) is 113 cm³/mol. The van der Waals surface area contributed by atoms with Gasteiger partial charge in [0.15, 0.2) is 6.29 Å². The molecule has 4 saturated heterocycles. The molecule has 15 heteroatoms. The number of epoxide rings is 2. The van der Waals surface area contributed by atoms with Crippen molar-refractivity contribution in [3.63, 3.8) is 0 Å². The summed E-state index contributed by atoms with van der Waals surface area (Å²) in [6.45, 7) is 3.91. The van der Waals surface area contributed by atoms with Crippen LogP contribution in [0.2, 0.25) is 0 Å². The van der Waals surface area contributed by atoms with Crippen LogP contribution >= 0.6 is 0 Å². The number of ether oxygens (including phenoxy) is 5. The van der Waals surface area contributed by atoms with E-state index in [0.717, 1.165) is 19.8 Å². The van der Waals surface area contributed by atoms with E-state index in [4.69, 9.17) is 40.6 Å². The van der Waals surface area contributed by atoms with Gasteiger partial charge in [0.2, 0.25) is 5.79 Å². The molecule has 0 aromatic heterocycles. The Kier molecular flexibility index (Phi) is 14.3. The third kappa shape index (κ3) is 9.45. The highest BCUT2D eigenvalue weighted by atomic mass is 16.8. The fourth-order valence-electron chi connectivity index (χ4n) is 2.73. The number of aliphatic hydroxyl groups is 8. The van der Waals surface area contributed by atoms with Crippen molar-refractivity contribution in [1.29, 1.82) is 0 Å².